The minimum atomic E-state index is -0.298. The molecule has 0 saturated carbocycles. The van der Waals surface area contributed by atoms with Gasteiger partial charge in [0.05, 0.1) is 0 Å². The van der Waals surface area contributed by atoms with E-state index in [9.17, 15) is 9.59 Å². The first-order valence-corrected chi connectivity index (χ1v) is 4.81. The fourth-order valence-electron chi connectivity index (χ4n) is 1.40. The molecule has 0 radical (unpaired) electrons. The Balaban J connectivity index is 2.33. The van der Waals surface area contributed by atoms with Gasteiger partial charge in [-0.3, -0.25) is 9.59 Å². The summed E-state index contributed by atoms with van der Waals surface area (Å²) in [6.07, 6.45) is 3.04. The van der Waals surface area contributed by atoms with Crippen LogP contribution in [0.15, 0.2) is 0 Å². The van der Waals surface area contributed by atoms with Crippen molar-refractivity contribution in [3.05, 3.63) is 0 Å². The maximum absolute atomic E-state index is 11.2. The van der Waals surface area contributed by atoms with E-state index in [-0.39, 0.29) is 17.9 Å². The normalized spacial score (nSPS) is 22.2. The molecule has 0 aromatic carbocycles. The van der Waals surface area contributed by atoms with E-state index in [1.165, 1.54) is 0 Å². The predicted octanol–water partition coefficient (Wildman–Crippen LogP) is 0.181. The van der Waals surface area contributed by atoms with Gasteiger partial charge in [0.2, 0.25) is 11.8 Å². The second-order valence-corrected chi connectivity index (χ2v) is 3.30. The van der Waals surface area contributed by atoms with Crippen LogP contribution < -0.4 is 10.6 Å². The van der Waals surface area contributed by atoms with Crippen LogP contribution in [0.1, 0.15) is 32.6 Å². The first-order chi connectivity index (χ1) is 6.24. The third-order valence-electron chi connectivity index (χ3n) is 2.10. The molecule has 4 nitrogen and oxygen atoms in total. The van der Waals surface area contributed by atoms with Gasteiger partial charge in [-0.1, -0.05) is 6.92 Å². The van der Waals surface area contributed by atoms with Crippen molar-refractivity contribution in [2.24, 2.45) is 0 Å². The van der Waals surface area contributed by atoms with Crippen LogP contribution in [-0.2, 0) is 9.59 Å². The molecule has 0 aromatic rings. The summed E-state index contributed by atoms with van der Waals surface area (Å²) in [5.74, 6) is -0.0692. The minimum Gasteiger partial charge on any atom is -0.354 e. The lowest BCUT2D eigenvalue weighted by Crippen LogP contribution is -2.50. The summed E-state index contributed by atoms with van der Waals surface area (Å²) in [6.45, 7) is 2.68. The molecule has 4 heteroatoms. The highest BCUT2D eigenvalue weighted by Gasteiger charge is 2.22. The van der Waals surface area contributed by atoms with Gasteiger partial charge in [0.15, 0.2) is 0 Å². The van der Waals surface area contributed by atoms with Crippen LogP contribution in [-0.4, -0.2) is 24.4 Å². The molecule has 0 bridgehead atoms. The highest BCUT2D eigenvalue weighted by molar-refractivity contribution is 5.87. The molecule has 74 valence electrons. The van der Waals surface area contributed by atoms with Crippen LogP contribution in [0, 0.1) is 0 Å². The van der Waals surface area contributed by atoms with Crippen molar-refractivity contribution < 1.29 is 9.59 Å². The van der Waals surface area contributed by atoms with Crippen LogP contribution in [0.25, 0.3) is 0 Å². The van der Waals surface area contributed by atoms with Gasteiger partial charge in [-0.15, -0.1) is 0 Å². The van der Waals surface area contributed by atoms with E-state index in [1.807, 2.05) is 6.92 Å². The highest BCUT2D eigenvalue weighted by Crippen LogP contribution is 2.03. The molecule has 0 aromatic heterocycles. The molecular formula is C9H16N2O2. The number of rotatable bonds is 3. The van der Waals surface area contributed by atoms with Gasteiger partial charge < -0.3 is 10.6 Å². The van der Waals surface area contributed by atoms with E-state index in [0.29, 0.717) is 6.42 Å². The SMILES string of the molecule is CCCC(=O)NC1CCCNC1=O. The molecule has 1 rings (SSSR count). The maximum Gasteiger partial charge on any atom is 0.242 e. The Hall–Kier alpha value is -1.06. The zero-order chi connectivity index (χ0) is 9.68. The topological polar surface area (TPSA) is 58.2 Å². The summed E-state index contributed by atoms with van der Waals surface area (Å²) < 4.78 is 0. The second-order valence-electron chi connectivity index (χ2n) is 3.30. The van der Waals surface area contributed by atoms with Gasteiger partial charge in [0, 0.05) is 13.0 Å². The summed E-state index contributed by atoms with van der Waals surface area (Å²) in [5.41, 5.74) is 0. The third kappa shape index (κ3) is 3.05. The van der Waals surface area contributed by atoms with E-state index in [4.69, 9.17) is 0 Å². The van der Waals surface area contributed by atoms with Gasteiger partial charge in [0.25, 0.3) is 0 Å². The molecule has 1 aliphatic heterocycles. The Morgan fingerprint density at radius 3 is 3.08 bits per heavy atom. The average molecular weight is 184 g/mol. The van der Waals surface area contributed by atoms with Crippen molar-refractivity contribution in [3.8, 4) is 0 Å². The van der Waals surface area contributed by atoms with E-state index >= 15 is 0 Å². The Morgan fingerprint density at radius 1 is 1.69 bits per heavy atom. The molecule has 1 heterocycles. The van der Waals surface area contributed by atoms with E-state index in [2.05, 4.69) is 10.6 Å². The number of piperidine rings is 1. The molecule has 0 aliphatic carbocycles. The van der Waals surface area contributed by atoms with Gasteiger partial charge in [-0.05, 0) is 19.3 Å². The van der Waals surface area contributed by atoms with Crippen molar-refractivity contribution in [2.75, 3.05) is 6.54 Å². The molecule has 2 amide bonds. The highest BCUT2D eigenvalue weighted by atomic mass is 16.2. The monoisotopic (exact) mass is 184 g/mol. The third-order valence-corrected chi connectivity index (χ3v) is 2.10. The lowest BCUT2D eigenvalue weighted by molar-refractivity contribution is -0.130. The Labute approximate surface area is 78.1 Å². The van der Waals surface area contributed by atoms with Gasteiger partial charge in [0.1, 0.15) is 6.04 Å². The van der Waals surface area contributed by atoms with Crippen LogP contribution in [0.2, 0.25) is 0 Å². The summed E-state index contributed by atoms with van der Waals surface area (Å²) in [6, 6.07) is -0.298. The fraction of sp³-hybridized carbons (Fsp3) is 0.778. The lowest BCUT2D eigenvalue weighted by atomic mass is 10.1. The molecule has 1 unspecified atom stereocenters. The summed E-state index contributed by atoms with van der Waals surface area (Å²) in [4.78, 5) is 22.4. The van der Waals surface area contributed by atoms with Gasteiger partial charge >= 0.3 is 0 Å². The number of nitrogens with one attached hydrogen (secondary N) is 2. The second kappa shape index (κ2) is 4.84. The van der Waals surface area contributed by atoms with Crippen LogP contribution >= 0.6 is 0 Å². The molecule has 0 spiro atoms. The Morgan fingerprint density at radius 2 is 2.46 bits per heavy atom. The van der Waals surface area contributed by atoms with Gasteiger partial charge in [-0.2, -0.15) is 0 Å². The van der Waals surface area contributed by atoms with Crippen molar-refractivity contribution >= 4 is 11.8 Å². The lowest BCUT2D eigenvalue weighted by Gasteiger charge is -2.22. The van der Waals surface area contributed by atoms with Crippen LogP contribution in [0.3, 0.4) is 0 Å². The molecule has 1 saturated heterocycles. The van der Waals surface area contributed by atoms with Crippen molar-refractivity contribution in [3.63, 3.8) is 0 Å². The summed E-state index contributed by atoms with van der Waals surface area (Å²) >= 11 is 0. The smallest absolute Gasteiger partial charge is 0.242 e. The molecule has 13 heavy (non-hydrogen) atoms. The molecule has 1 aliphatic rings. The largest absolute Gasteiger partial charge is 0.354 e. The number of hydrogen-bond donors (Lipinski definition) is 2. The summed E-state index contributed by atoms with van der Waals surface area (Å²) in [7, 11) is 0. The molecule has 1 fully saturated rings. The number of carbonyl (C=O) groups is 2. The van der Waals surface area contributed by atoms with E-state index in [1.54, 1.807) is 0 Å². The Kier molecular flexibility index (Phi) is 3.73. The molecular weight excluding hydrogens is 168 g/mol. The molecule has 1 atom stereocenters. The van der Waals surface area contributed by atoms with Crippen LogP contribution in [0.4, 0.5) is 0 Å². The van der Waals surface area contributed by atoms with Gasteiger partial charge in [-0.25, -0.2) is 0 Å². The zero-order valence-corrected chi connectivity index (χ0v) is 7.93. The van der Waals surface area contributed by atoms with Crippen LogP contribution in [0.5, 0.6) is 0 Å². The first-order valence-electron chi connectivity index (χ1n) is 4.81. The fourth-order valence-corrected chi connectivity index (χ4v) is 1.40. The first kappa shape index (κ1) is 10.0. The molecule has 2 N–H and O–H groups in total. The maximum atomic E-state index is 11.2. The quantitative estimate of drug-likeness (QED) is 0.657. The van der Waals surface area contributed by atoms with E-state index in [0.717, 1.165) is 25.8 Å². The minimum absolute atomic E-state index is 0.0236. The van der Waals surface area contributed by atoms with Crippen molar-refractivity contribution in [2.45, 2.75) is 38.6 Å². The zero-order valence-electron chi connectivity index (χ0n) is 7.93. The summed E-state index contributed by atoms with van der Waals surface area (Å²) in [5, 5.41) is 5.44. The standard InChI is InChI=1S/C9H16N2O2/c1-2-4-8(12)11-7-5-3-6-10-9(7)13/h7H,2-6H2,1H3,(H,10,13)(H,11,12). The predicted molar refractivity (Wildman–Crippen MR) is 49.1 cm³/mol. The number of hydrogen-bond acceptors (Lipinski definition) is 2. The van der Waals surface area contributed by atoms with Crippen molar-refractivity contribution in [1.29, 1.82) is 0 Å². The Bertz CT molecular complexity index is 204. The van der Waals surface area contributed by atoms with E-state index < -0.39 is 0 Å². The number of carbonyl (C=O) groups excluding carboxylic acids is 2. The number of amides is 2. The van der Waals surface area contributed by atoms with Crippen molar-refractivity contribution in [1.82, 2.24) is 10.6 Å². The average Bonchev–Trinajstić information content (AvgIpc) is 2.09.